The van der Waals surface area contributed by atoms with Gasteiger partial charge < -0.3 is 26.4 Å². The molecule has 5 N–H and O–H groups in total. The second-order valence-electron chi connectivity index (χ2n) is 5.77. The van der Waals surface area contributed by atoms with Crippen molar-refractivity contribution in [3.05, 3.63) is 0 Å². The first-order valence-electron chi connectivity index (χ1n) is 9.07. The van der Waals surface area contributed by atoms with E-state index in [0.29, 0.717) is 32.2 Å². The first-order valence-corrected chi connectivity index (χ1v) is 9.07. The minimum atomic E-state index is -0.781. The fraction of sp³-hybridized carbons (Fsp3) is 0.667. The number of nitrogens with two attached hydrogens (primary N) is 1. The van der Waals surface area contributed by atoms with Crippen LogP contribution in [0.2, 0.25) is 0 Å². The molecule has 9 heteroatoms. The van der Waals surface area contributed by atoms with E-state index in [1.165, 1.54) is 0 Å². The standard InChI is InChI=1S/C18H30N4O5/c1-3-5-6-10-15(23)20-12-16(24)21-13-17(25)22-14(9-7-8-11-19)18(26)27-4-2/h1,14H,4-13,19H2,2H3,(H,20,23)(H,21,24)(H,22,25). The molecular weight excluding hydrogens is 352 g/mol. The van der Waals surface area contributed by atoms with Crippen molar-refractivity contribution in [3.8, 4) is 12.3 Å². The average molecular weight is 382 g/mol. The lowest BCUT2D eigenvalue weighted by Crippen LogP contribution is -2.47. The zero-order valence-electron chi connectivity index (χ0n) is 15.8. The summed E-state index contributed by atoms with van der Waals surface area (Å²) in [4.78, 5) is 47.0. The van der Waals surface area contributed by atoms with Crippen LogP contribution in [0, 0.1) is 12.3 Å². The van der Waals surface area contributed by atoms with Crippen molar-refractivity contribution in [1.82, 2.24) is 16.0 Å². The fourth-order valence-electron chi connectivity index (χ4n) is 2.09. The molecule has 1 atom stereocenters. The maximum atomic E-state index is 11.9. The molecule has 152 valence electrons. The third kappa shape index (κ3) is 13.3. The molecule has 0 aliphatic carbocycles. The Bertz CT molecular complexity index is 530. The number of ether oxygens (including phenoxy) is 1. The van der Waals surface area contributed by atoms with Gasteiger partial charge in [-0.2, -0.15) is 0 Å². The molecule has 0 spiro atoms. The predicted octanol–water partition coefficient (Wildman–Crippen LogP) is -0.801. The monoisotopic (exact) mass is 382 g/mol. The highest BCUT2D eigenvalue weighted by atomic mass is 16.5. The van der Waals surface area contributed by atoms with E-state index in [-0.39, 0.29) is 32.0 Å². The van der Waals surface area contributed by atoms with Crippen LogP contribution in [0.1, 0.15) is 45.4 Å². The zero-order chi connectivity index (χ0) is 20.5. The molecule has 0 aromatic heterocycles. The number of hydrogen-bond donors (Lipinski definition) is 4. The van der Waals surface area contributed by atoms with E-state index >= 15 is 0 Å². The maximum absolute atomic E-state index is 11.9. The largest absolute Gasteiger partial charge is 0.464 e. The second kappa shape index (κ2) is 15.6. The number of terminal acetylenes is 1. The summed E-state index contributed by atoms with van der Waals surface area (Å²) in [5, 5.41) is 7.36. The van der Waals surface area contributed by atoms with Crippen LogP contribution >= 0.6 is 0 Å². The van der Waals surface area contributed by atoms with Gasteiger partial charge in [-0.25, -0.2) is 4.79 Å². The smallest absolute Gasteiger partial charge is 0.328 e. The van der Waals surface area contributed by atoms with Crippen molar-refractivity contribution < 1.29 is 23.9 Å². The van der Waals surface area contributed by atoms with E-state index in [1.807, 2.05) is 0 Å². The molecule has 9 nitrogen and oxygen atoms in total. The molecule has 1 unspecified atom stereocenters. The fourth-order valence-corrected chi connectivity index (χ4v) is 2.09. The topological polar surface area (TPSA) is 140 Å². The molecule has 0 rings (SSSR count). The van der Waals surface area contributed by atoms with Gasteiger partial charge in [-0.3, -0.25) is 14.4 Å². The predicted molar refractivity (Wildman–Crippen MR) is 100 cm³/mol. The van der Waals surface area contributed by atoms with Gasteiger partial charge in [0.1, 0.15) is 6.04 Å². The van der Waals surface area contributed by atoms with Crippen molar-refractivity contribution in [1.29, 1.82) is 0 Å². The van der Waals surface area contributed by atoms with Crippen LogP contribution in [0.25, 0.3) is 0 Å². The van der Waals surface area contributed by atoms with Gasteiger partial charge in [-0.1, -0.05) is 0 Å². The molecule has 3 amide bonds. The number of carbonyl (C=O) groups is 4. The number of amides is 3. The molecule has 0 saturated carbocycles. The summed E-state index contributed by atoms with van der Waals surface area (Å²) >= 11 is 0. The lowest BCUT2D eigenvalue weighted by molar-refractivity contribution is -0.147. The Hall–Kier alpha value is -2.60. The Kier molecular flexibility index (Phi) is 14.1. The maximum Gasteiger partial charge on any atom is 0.328 e. The van der Waals surface area contributed by atoms with E-state index in [1.54, 1.807) is 6.92 Å². The van der Waals surface area contributed by atoms with E-state index in [4.69, 9.17) is 16.9 Å². The van der Waals surface area contributed by atoms with Crippen LogP contribution < -0.4 is 21.7 Å². The molecule has 0 aromatic carbocycles. The molecule has 0 aliphatic rings. The van der Waals surface area contributed by atoms with Crippen molar-refractivity contribution in [2.75, 3.05) is 26.2 Å². The summed E-state index contributed by atoms with van der Waals surface area (Å²) in [5.41, 5.74) is 5.43. The molecule has 0 aromatic rings. The van der Waals surface area contributed by atoms with Gasteiger partial charge in [0.05, 0.1) is 19.7 Å². The molecular formula is C18H30N4O5. The number of hydrogen-bond acceptors (Lipinski definition) is 6. The minimum absolute atomic E-state index is 0.208. The first-order chi connectivity index (χ1) is 12.9. The van der Waals surface area contributed by atoms with E-state index in [9.17, 15) is 19.2 Å². The van der Waals surface area contributed by atoms with Gasteiger partial charge in [-0.15, -0.1) is 12.3 Å². The van der Waals surface area contributed by atoms with Crippen LogP contribution in [0.15, 0.2) is 0 Å². The zero-order valence-corrected chi connectivity index (χ0v) is 15.8. The SMILES string of the molecule is C#CCCCC(=O)NCC(=O)NCC(=O)NC(CCCCN)C(=O)OCC. The molecule has 0 bridgehead atoms. The van der Waals surface area contributed by atoms with Crippen molar-refractivity contribution in [2.24, 2.45) is 5.73 Å². The number of rotatable bonds is 14. The highest BCUT2D eigenvalue weighted by Gasteiger charge is 2.21. The molecule has 0 radical (unpaired) electrons. The van der Waals surface area contributed by atoms with Crippen molar-refractivity contribution in [2.45, 2.75) is 51.5 Å². The van der Waals surface area contributed by atoms with E-state index in [0.717, 1.165) is 6.42 Å². The normalized spacial score (nSPS) is 11.0. The van der Waals surface area contributed by atoms with Gasteiger partial charge in [0, 0.05) is 12.8 Å². The van der Waals surface area contributed by atoms with Crippen LogP contribution in [0.4, 0.5) is 0 Å². The van der Waals surface area contributed by atoms with E-state index < -0.39 is 23.8 Å². The van der Waals surface area contributed by atoms with Crippen LogP contribution in [0.3, 0.4) is 0 Å². The summed E-state index contributed by atoms with van der Waals surface area (Å²) in [6, 6.07) is -0.781. The Labute approximate surface area is 160 Å². The molecule has 27 heavy (non-hydrogen) atoms. The minimum Gasteiger partial charge on any atom is -0.464 e. The quantitative estimate of drug-likeness (QED) is 0.176. The third-order valence-corrected chi connectivity index (χ3v) is 3.47. The molecule has 0 fully saturated rings. The summed E-state index contributed by atoms with van der Waals surface area (Å²) in [6.45, 7) is 1.84. The Balaban J connectivity index is 4.20. The third-order valence-electron chi connectivity index (χ3n) is 3.47. The number of nitrogens with one attached hydrogen (secondary N) is 3. The summed E-state index contributed by atoms with van der Waals surface area (Å²) in [7, 11) is 0. The van der Waals surface area contributed by atoms with Crippen LogP contribution in [0.5, 0.6) is 0 Å². The highest BCUT2D eigenvalue weighted by Crippen LogP contribution is 2.03. The number of carbonyl (C=O) groups excluding carboxylic acids is 4. The highest BCUT2D eigenvalue weighted by molar-refractivity contribution is 5.90. The van der Waals surface area contributed by atoms with Gasteiger partial charge in [-0.05, 0) is 39.2 Å². The second-order valence-corrected chi connectivity index (χ2v) is 5.77. The number of unbranched alkanes of at least 4 members (excludes halogenated alkanes) is 2. The molecule has 0 heterocycles. The number of esters is 1. The van der Waals surface area contributed by atoms with Gasteiger partial charge in [0.2, 0.25) is 17.7 Å². The molecule has 0 saturated heterocycles. The van der Waals surface area contributed by atoms with Crippen LogP contribution in [-0.2, 0) is 23.9 Å². The summed E-state index contributed by atoms with van der Waals surface area (Å²) < 4.78 is 4.93. The summed E-state index contributed by atoms with van der Waals surface area (Å²) in [5.74, 6) is 0.593. The van der Waals surface area contributed by atoms with Gasteiger partial charge in [0.15, 0.2) is 0 Å². The van der Waals surface area contributed by atoms with Crippen LogP contribution in [-0.4, -0.2) is 56.0 Å². The van der Waals surface area contributed by atoms with E-state index in [2.05, 4.69) is 21.9 Å². The Morgan fingerprint density at radius 1 is 1.04 bits per heavy atom. The Morgan fingerprint density at radius 2 is 1.70 bits per heavy atom. The first kappa shape index (κ1) is 24.4. The lowest BCUT2D eigenvalue weighted by Gasteiger charge is -2.17. The average Bonchev–Trinajstić information content (AvgIpc) is 2.64. The van der Waals surface area contributed by atoms with Gasteiger partial charge >= 0.3 is 5.97 Å². The van der Waals surface area contributed by atoms with Crippen molar-refractivity contribution in [3.63, 3.8) is 0 Å². The lowest BCUT2D eigenvalue weighted by atomic mass is 10.1. The Morgan fingerprint density at radius 3 is 2.33 bits per heavy atom. The summed E-state index contributed by atoms with van der Waals surface area (Å²) in [6.07, 6.45) is 8.17. The molecule has 0 aliphatic heterocycles. The van der Waals surface area contributed by atoms with Crippen molar-refractivity contribution >= 4 is 23.7 Å². The van der Waals surface area contributed by atoms with Gasteiger partial charge in [0.25, 0.3) is 0 Å².